The third-order valence-corrected chi connectivity index (χ3v) is 3.88. The van der Waals surface area contributed by atoms with Gasteiger partial charge in [-0.05, 0) is 44.0 Å². The fourth-order valence-corrected chi connectivity index (χ4v) is 2.48. The fraction of sp³-hybridized carbons (Fsp3) is 0.467. The quantitative estimate of drug-likeness (QED) is 0.685. The largest absolute Gasteiger partial charge is 0.497 e. The van der Waals surface area contributed by atoms with E-state index in [9.17, 15) is 9.59 Å². The summed E-state index contributed by atoms with van der Waals surface area (Å²) >= 11 is 1.46. The molecule has 0 fully saturated rings. The number of carbonyl (C=O) groups is 2. The van der Waals surface area contributed by atoms with Crippen LogP contribution in [0.2, 0.25) is 0 Å². The van der Waals surface area contributed by atoms with Crippen molar-refractivity contribution < 1.29 is 19.4 Å². The molecule has 0 spiro atoms. The first-order valence-electron chi connectivity index (χ1n) is 6.79. The van der Waals surface area contributed by atoms with Gasteiger partial charge in [-0.3, -0.25) is 9.59 Å². The Balaban J connectivity index is 2.24. The highest BCUT2D eigenvalue weighted by molar-refractivity contribution is 8.00. The molecule has 0 aliphatic heterocycles. The number of nitrogens with one attached hydrogen (secondary N) is 1. The topological polar surface area (TPSA) is 75.6 Å². The Morgan fingerprint density at radius 1 is 1.33 bits per heavy atom. The van der Waals surface area contributed by atoms with E-state index in [0.29, 0.717) is 18.6 Å². The number of hydrogen-bond acceptors (Lipinski definition) is 4. The predicted molar refractivity (Wildman–Crippen MR) is 82.8 cm³/mol. The summed E-state index contributed by atoms with van der Waals surface area (Å²) in [6.45, 7) is 1.89. The van der Waals surface area contributed by atoms with Crippen LogP contribution in [0, 0.1) is 0 Å². The van der Waals surface area contributed by atoms with E-state index in [1.54, 1.807) is 7.11 Å². The highest BCUT2D eigenvalue weighted by Crippen LogP contribution is 2.20. The van der Waals surface area contributed by atoms with Crippen molar-refractivity contribution in [1.29, 1.82) is 0 Å². The van der Waals surface area contributed by atoms with Crippen molar-refractivity contribution in [3.63, 3.8) is 0 Å². The summed E-state index contributed by atoms with van der Waals surface area (Å²) in [6.07, 6.45) is 1.38. The number of benzene rings is 1. The van der Waals surface area contributed by atoms with E-state index in [0.717, 1.165) is 10.6 Å². The molecule has 0 aliphatic rings. The molecule has 1 aromatic rings. The molecule has 21 heavy (non-hydrogen) atoms. The Kier molecular flexibility index (Phi) is 7.68. The number of amides is 1. The zero-order chi connectivity index (χ0) is 15.7. The summed E-state index contributed by atoms with van der Waals surface area (Å²) in [7, 11) is 1.61. The van der Waals surface area contributed by atoms with Gasteiger partial charge >= 0.3 is 5.97 Å². The fourth-order valence-electron chi connectivity index (χ4n) is 1.77. The Labute approximate surface area is 129 Å². The molecule has 6 heteroatoms. The lowest BCUT2D eigenvalue weighted by atomic mass is 10.1. The summed E-state index contributed by atoms with van der Waals surface area (Å²) in [5.74, 6) is 0.286. The highest BCUT2D eigenvalue weighted by atomic mass is 32.2. The Bertz CT molecular complexity index is 461. The van der Waals surface area contributed by atoms with Gasteiger partial charge in [0.15, 0.2) is 0 Å². The van der Waals surface area contributed by atoms with Gasteiger partial charge in [0, 0.05) is 17.4 Å². The maximum atomic E-state index is 11.8. The van der Waals surface area contributed by atoms with Crippen LogP contribution in [0.25, 0.3) is 0 Å². The SMILES string of the molecule is COc1ccc(SCC(=O)NC(C)CCCC(=O)O)cc1. The predicted octanol–water partition coefficient (Wildman–Crippen LogP) is 2.55. The van der Waals surface area contributed by atoms with E-state index >= 15 is 0 Å². The van der Waals surface area contributed by atoms with Gasteiger partial charge in [0.25, 0.3) is 0 Å². The minimum Gasteiger partial charge on any atom is -0.497 e. The van der Waals surface area contributed by atoms with Crippen molar-refractivity contribution in [2.45, 2.75) is 37.1 Å². The second-order valence-electron chi connectivity index (χ2n) is 4.72. The summed E-state index contributed by atoms with van der Waals surface area (Å²) in [5, 5.41) is 11.4. The van der Waals surface area contributed by atoms with Gasteiger partial charge in [0.2, 0.25) is 5.91 Å². The molecule has 1 rings (SSSR count). The van der Waals surface area contributed by atoms with Gasteiger partial charge in [-0.15, -0.1) is 11.8 Å². The van der Waals surface area contributed by atoms with Crippen molar-refractivity contribution in [3.8, 4) is 5.75 Å². The van der Waals surface area contributed by atoms with Crippen molar-refractivity contribution in [2.75, 3.05) is 12.9 Å². The monoisotopic (exact) mass is 311 g/mol. The van der Waals surface area contributed by atoms with E-state index in [2.05, 4.69) is 5.32 Å². The molecule has 2 N–H and O–H groups in total. The third-order valence-electron chi connectivity index (χ3n) is 2.86. The molecular formula is C15H21NO4S. The normalized spacial score (nSPS) is 11.7. The van der Waals surface area contributed by atoms with Gasteiger partial charge in [-0.1, -0.05) is 0 Å². The second kappa shape index (κ2) is 9.28. The molecule has 0 saturated carbocycles. The maximum absolute atomic E-state index is 11.8. The minimum absolute atomic E-state index is 0.00619. The van der Waals surface area contributed by atoms with Crippen molar-refractivity contribution in [3.05, 3.63) is 24.3 Å². The maximum Gasteiger partial charge on any atom is 0.303 e. The Morgan fingerprint density at radius 2 is 2.00 bits per heavy atom. The third kappa shape index (κ3) is 7.60. The van der Waals surface area contributed by atoms with E-state index in [-0.39, 0.29) is 18.4 Å². The summed E-state index contributed by atoms with van der Waals surface area (Å²) in [4.78, 5) is 23.2. The number of ether oxygens (including phenoxy) is 1. The van der Waals surface area contributed by atoms with Gasteiger partial charge in [0.05, 0.1) is 12.9 Å². The van der Waals surface area contributed by atoms with Crippen LogP contribution < -0.4 is 10.1 Å². The van der Waals surface area contributed by atoms with E-state index in [4.69, 9.17) is 9.84 Å². The average molecular weight is 311 g/mol. The van der Waals surface area contributed by atoms with Crippen LogP contribution in [-0.2, 0) is 9.59 Å². The Hall–Kier alpha value is -1.69. The number of thioether (sulfide) groups is 1. The van der Waals surface area contributed by atoms with Crippen LogP contribution in [0.15, 0.2) is 29.2 Å². The highest BCUT2D eigenvalue weighted by Gasteiger charge is 2.08. The van der Waals surface area contributed by atoms with Gasteiger partial charge < -0.3 is 15.2 Å². The number of methoxy groups -OCH3 is 1. The van der Waals surface area contributed by atoms with Crippen molar-refractivity contribution in [1.82, 2.24) is 5.32 Å². The number of aliphatic carboxylic acids is 1. The molecule has 5 nitrogen and oxygen atoms in total. The van der Waals surface area contributed by atoms with Crippen LogP contribution >= 0.6 is 11.8 Å². The number of rotatable bonds is 9. The Morgan fingerprint density at radius 3 is 2.57 bits per heavy atom. The lowest BCUT2D eigenvalue weighted by molar-refractivity contribution is -0.137. The standard InChI is InChI=1S/C15H21NO4S/c1-11(4-3-5-15(18)19)16-14(17)10-21-13-8-6-12(20-2)7-9-13/h6-9,11H,3-5,10H2,1-2H3,(H,16,17)(H,18,19). The number of carboxylic acids is 1. The summed E-state index contributed by atoms with van der Waals surface area (Å²) in [6, 6.07) is 7.53. The van der Waals surface area contributed by atoms with Crippen LogP contribution in [0.5, 0.6) is 5.75 Å². The average Bonchev–Trinajstić information content (AvgIpc) is 2.45. The smallest absolute Gasteiger partial charge is 0.303 e. The molecule has 0 bridgehead atoms. The number of carboxylic acid groups (broad SMARTS) is 1. The lowest BCUT2D eigenvalue weighted by Crippen LogP contribution is -2.33. The van der Waals surface area contributed by atoms with E-state index in [1.165, 1.54) is 11.8 Å². The molecule has 1 aromatic carbocycles. The van der Waals surface area contributed by atoms with Crippen molar-refractivity contribution in [2.24, 2.45) is 0 Å². The molecule has 0 radical (unpaired) electrons. The molecule has 0 saturated heterocycles. The molecule has 0 aromatic heterocycles. The molecule has 0 heterocycles. The van der Waals surface area contributed by atoms with Crippen LogP contribution in [0.4, 0.5) is 0 Å². The molecular weight excluding hydrogens is 290 g/mol. The first kappa shape index (κ1) is 17.4. The molecule has 0 aliphatic carbocycles. The van der Waals surface area contributed by atoms with Gasteiger partial charge in [-0.2, -0.15) is 0 Å². The lowest BCUT2D eigenvalue weighted by Gasteiger charge is -2.13. The molecule has 1 atom stereocenters. The van der Waals surface area contributed by atoms with Crippen LogP contribution in [0.3, 0.4) is 0 Å². The molecule has 1 amide bonds. The van der Waals surface area contributed by atoms with Crippen LogP contribution in [-0.4, -0.2) is 35.9 Å². The van der Waals surface area contributed by atoms with Crippen molar-refractivity contribution >= 4 is 23.6 Å². The summed E-state index contributed by atoms with van der Waals surface area (Å²) in [5.41, 5.74) is 0. The van der Waals surface area contributed by atoms with E-state index in [1.807, 2.05) is 31.2 Å². The van der Waals surface area contributed by atoms with Gasteiger partial charge in [-0.25, -0.2) is 0 Å². The number of hydrogen-bond donors (Lipinski definition) is 2. The van der Waals surface area contributed by atoms with E-state index < -0.39 is 5.97 Å². The first-order chi connectivity index (χ1) is 10.0. The zero-order valence-electron chi connectivity index (χ0n) is 12.3. The molecule has 1 unspecified atom stereocenters. The summed E-state index contributed by atoms with van der Waals surface area (Å²) < 4.78 is 5.07. The van der Waals surface area contributed by atoms with Gasteiger partial charge in [0.1, 0.15) is 5.75 Å². The van der Waals surface area contributed by atoms with Crippen LogP contribution in [0.1, 0.15) is 26.2 Å². The number of carbonyl (C=O) groups excluding carboxylic acids is 1. The second-order valence-corrected chi connectivity index (χ2v) is 5.77. The molecule has 116 valence electrons. The zero-order valence-corrected chi connectivity index (χ0v) is 13.1. The minimum atomic E-state index is -0.802. The first-order valence-corrected chi connectivity index (χ1v) is 7.78.